The van der Waals surface area contributed by atoms with Crippen LogP contribution in [0, 0.1) is 0 Å². The molecule has 8 nitrogen and oxygen atoms in total. The van der Waals surface area contributed by atoms with E-state index in [1.165, 1.54) is 59.4 Å². The summed E-state index contributed by atoms with van der Waals surface area (Å²) in [5, 5.41) is 15.9. The van der Waals surface area contributed by atoms with Crippen LogP contribution in [0.2, 0.25) is 0 Å². The summed E-state index contributed by atoms with van der Waals surface area (Å²) in [6, 6.07) is 133. The molecule has 7 aromatic heterocycles. The number of nitrogens with zero attached hydrogens (tertiary/aromatic N) is 6. The van der Waals surface area contributed by atoms with Crippen molar-refractivity contribution in [3.8, 4) is 90.0 Å². The number of hydrogen-bond acceptors (Lipinski definition) is 7. The van der Waals surface area contributed by atoms with Gasteiger partial charge in [-0.1, -0.05) is 267 Å². The third-order valence-electron chi connectivity index (χ3n) is 22.6. The summed E-state index contributed by atoms with van der Waals surface area (Å²) in [7, 11) is 0. The van der Waals surface area contributed by atoms with Crippen molar-refractivity contribution in [3.05, 3.63) is 376 Å². The number of fused-ring (bicyclic) bond motifs is 20. The van der Waals surface area contributed by atoms with Crippen LogP contribution in [0.3, 0.4) is 0 Å². The molecule has 7 heterocycles. The zero-order chi connectivity index (χ0) is 74.2. The number of thiophene rings is 1. The molecule has 0 aliphatic rings. The van der Waals surface area contributed by atoms with Crippen LogP contribution >= 0.6 is 11.3 Å². The minimum absolute atomic E-state index is 0.680. The van der Waals surface area contributed by atoms with Gasteiger partial charge in [0.1, 0.15) is 22.3 Å². The smallest absolute Gasteiger partial charge is 0.161 e. The Kier molecular flexibility index (Phi) is 14.7. The highest BCUT2D eigenvalue weighted by Gasteiger charge is 2.25. The Balaban J connectivity index is 0.000000136. The van der Waals surface area contributed by atoms with Gasteiger partial charge in [0.2, 0.25) is 0 Å². The molecule has 0 bridgehead atoms. The molecule has 0 radical (unpaired) electrons. The second-order valence-corrected chi connectivity index (χ2v) is 30.1. The van der Waals surface area contributed by atoms with Gasteiger partial charge in [0.25, 0.3) is 0 Å². The predicted molar refractivity (Wildman–Crippen MR) is 471 cm³/mol. The highest BCUT2D eigenvalue weighted by atomic mass is 32.1. The molecule has 0 saturated carbocycles. The number of para-hydroxylation sites is 5. The molecule has 113 heavy (non-hydrogen) atoms. The monoisotopic (exact) mass is 1460 g/mol. The van der Waals surface area contributed by atoms with E-state index in [2.05, 4.69) is 367 Å². The normalized spacial score (nSPS) is 11.9. The summed E-state index contributed by atoms with van der Waals surface area (Å²) >= 11 is 1.75. The molecular weight excluding hydrogens is 1400 g/mol. The van der Waals surface area contributed by atoms with Crippen molar-refractivity contribution in [3.63, 3.8) is 0 Å². The van der Waals surface area contributed by atoms with Crippen molar-refractivity contribution < 1.29 is 8.83 Å². The lowest BCUT2D eigenvalue weighted by atomic mass is 9.97. The lowest BCUT2D eigenvalue weighted by molar-refractivity contribution is 0.669. The molecule has 17 aromatic carbocycles. The molecule has 0 aliphatic carbocycles. The van der Waals surface area contributed by atoms with Gasteiger partial charge in [-0.05, 0) is 164 Å². The molecule has 0 amide bonds. The zero-order valence-corrected chi connectivity index (χ0v) is 61.5. The lowest BCUT2D eigenvalue weighted by Gasteiger charge is -2.11. The summed E-state index contributed by atoms with van der Waals surface area (Å²) in [6.07, 6.45) is 0. The molecule has 24 rings (SSSR count). The van der Waals surface area contributed by atoms with E-state index in [-0.39, 0.29) is 0 Å². The molecule has 0 spiro atoms. The van der Waals surface area contributed by atoms with Crippen molar-refractivity contribution in [2.75, 3.05) is 0 Å². The number of hydrogen-bond donors (Lipinski definition) is 0. The van der Waals surface area contributed by atoms with Gasteiger partial charge >= 0.3 is 0 Å². The summed E-state index contributed by atoms with van der Waals surface area (Å²) in [4.78, 5) is 21.1. The average molecular weight is 1460 g/mol. The quantitative estimate of drug-likeness (QED) is 0.143. The van der Waals surface area contributed by atoms with E-state index in [4.69, 9.17) is 28.8 Å². The van der Waals surface area contributed by atoms with E-state index >= 15 is 0 Å². The summed E-state index contributed by atoms with van der Waals surface area (Å²) in [5.74, 6) is 1.36. The van der Waals surface area contributed by atoms with E-state index in [1.807, 2.05) is 18.2 Å². The highest BCUT2D eigenvalue weighted by Crippen LogP contribution is 2.47. The highest BCUT2D eigenvalue weighted by molar-refractivity contribution is 7.26. The maximum Gasteiger partial charge on any atom is 0.161 e. The van der Waals surface area contributed by atoms with E-state index < -0.39 is 0 Å². The van der Waals surface area contributed by atoms with Gasteiger partial charge in [-0.25, -0.2) is 19.9 Å². The van der Waals surface area contributed by atoms with E-state index in [9.17, 15) is 0 Å². The Morgan fingerprint density at radius 3 is 1.16 bits per heavy atom. The van der Waals surface area contributed by atoms with Crippen molar-refractivity contribution in [1.29, 1.82) is 0 Å². The molecule has 0 saturated heterocycles. The van der Waals surface area contributed by atoms with Crippen molar-refractivity contribution in [2.45, 2.75) is 0 Å². The zero-order valence-electron chi connectivity index (χ0n) is 60.7. The minimum Gasteiger partial charge on any atom is -0.456 e. The Morgan fingerprint density at radius 2 is 0.611 bits per heavy atom. The third kappa shape index (κ3) is 10.5. The molecule has 9 heteroatoms. The lowest BCUT2D eigenvalue weighted by Crippen LogP contribution is -1.96. The number of benzene rings is 17. The number of furan rings is 2. The van der Waals surface area contributed by atoms with Gasteiger partial charge in [0, 0.05) is 92.2 Å². The van der Waals surface area contributed by atoms with Crippen LogP contribution in [-0.4, -0.2) is 29.1 Å². The van der Waals surface area contributed by atoms with Gasteiger partial charge in [0.15, 0.2) is 11.6 Å². The molecule has 24 aromatic rings. The Hall–Kier alpha value is -14.9. The molecular formula is C104H62N6O2S. The fourth-order valence-electron chi connectivity index (χ4n) is 17.4. The first-order valence-corrected chi connectivity index (χ1v) is 39.0. The number of aromatic nitrogens is 6. The Labute approximate surface area is 651 Å². The third-order valence-corrected chi connectivity index (χ3v) is 23.8. The maximum absolute atomic E-state index is 6.86. The standard InChI is InChI=1S/C56H33N3OS.C48H29N3O/c1-3-13-34(14-4-1)35-23-25-36(26-24-35)53-55-54(44-20-10-12-22-51(44)61-55)58-56(57-53)46-33-50-52(42-19-8-7-17-40(42)46)43-29-27-38(32-49(43)60-50)37-28-30-48-45(31-37)41-18-9-11-21-47(41)59(48)39-15-5-2-6-16-39;1-3-13-30(14-4-1)47-37-20-9-11-21-41(37)49-48(50-47)40-29-45-46(36-19-8-7-17-34(36)40)38-25-23-32(28-44(38)52-45)31-24-26-43-39(27-31)35-18-10-12-22-42(35)51(43)33-15-5-2-6-16-33/h1-33H;1-29H. The SMILES string of the molecule is c1ccc(-c2ccc(-c3nc(-c4cc5oc6cc(-c7ccc8c(c7)c7ccccc7n8-c7ccccc7)ccc6c5c5ccccc45)nc4c3sc3ccccc34)cc2)cc1.c1ccc(-c2nc(-c3cc4oc5cc(-c6ccc7c(c6)c6ccccc6n7-c6ccccc6)ccc5c4c4ccccc34)nc3ccccc23)cc1. The fraction of sp³-hybridized carbons (Fsp3) is 0. The van der Waals surface area contributed by atoms with Gasteiger partial charge in [0.05, 0.1) is 49.2 Å². The van der Waals surface area contributed by atoms with Crippen LogP contribution in [-0.2, 0) is 0 Å². The van der Waals surface area contributed by atoms with Crippen molar-refractivity contribution >= 4 is 152 Å². The molecule has 0 N–H and O–H groups in total. The van der Waals surface area contributed by atoms with Crippen LogP contribution in [0.25, 0.3) is 230 Å². The van der Waals surface area contributed by atoms with Gasteiger partial charge in [-0.2, -0.15) is 0 Å². The summed E-state index contributed by atoms with van der Waals surface area (Å²) in [6.45, 7) is 0. The Bertz CT molecular complexity index is 7980. The summed E-state index contributed by atoms with van der Waals surface area (Å²) < 4.78 is 20.6. The van der Waals surface area contributed by atoms with Gasteiger partial charge in [-0.3, -0.25) is 0 Å². The largest absolute Gasteiger partial charge is 0.456 e. The minimum atomic E-state index is 0.680. The maximum atomic E-state index is 6.86. The van der Waals surface area contributed by atoms with Crippen LogP contribution in [0.1, 0.15) is 0 Å². The van der Waals surface area contributed by atoms with E-state index in [0.717, 1.165) is 159 Å². The molecule has 0 fully saturated rings. The van der Waals surface area contributed by atoms with E-state index in [1.54, 1.807) is 11.3 Å². The first-order chi connectivity index (χ1) is 56.0. The topological polar surface area (TPSA) is 87.7 Å². The van der Waals surface area contributed by atoms with Crippen LogP contribution < -0.4 is 0 Å². The van der Waals surface area contributed by atoms with Crippen LogP contribution in [0.15, 0.2) is 385 Å². The first kappa shape index (κ1) is 64.1. The van der Waals surface area contributed by atoms with Gasteiger partial charge < -0.3 is 18.0 Å². The fourth-order valence-corrected chi connectivity index (χ4v) is 18.5. The Morgan fingerprint density at radius 1 is 0.230 bits per heavy atom. The second-order valence-electron chi connectivity index (χ2n) is 29.0. The average Bonchev–Trinajstić information content (AvgIpc) is 1.60. The predicted octanol–water partition coefficient (Wildman–Crippen LogP) is 28.4. The van der Waals surface area contributed by atoms with Crippen molar-refractivity contribution in [1.82, 2.24) is 29.1 Å². The molecule has 0 aliphatic heterocycles. The second kappa shape index (κ2) is 25.9. The van der Waals surface area contributed by atoms with E-state index in [0.29, 0.717) is 11.6 Å². The summed E-state index contributed by atoms with van der Waals surface area (Å²) in [5.41, 5.74) is 25.0. The molecule has 526 valence electrons. The van der Waals surface area contributed by atoms with Crippen LogP contribution in [0.5, 0.6) is 0 Å². The van der Waals surface area contributed by atoms with Crippen LogP contribution in [0.4, 0.5) is 0 Å². The number of rotatable bonds is 9. The first-order valence-electron chi connectivity index (χ1n) is 38.1. The van der Waals surface area contributed by atoms with Crippen molar-refractivity contribution in [2.24, 2.45) is 0 Å². The van der Waals surface area contributed by atoms with Gasteiger partial charge in [-0.15, -0.1) is 11.3 Å². The molecule has 0 unspecified atom stereocenters. The molecule has 0 atom stereocenters.